The number of fused-ring (bicyclic) bond motifs is 1. The fourth-order valence-electron chi connectivity index (χ4n) is 4.82. The Morgan fingerprint density at radius 2 is 1.73 bits per heavy atom. The third-order valence-electron chi connectivity index (χ3n) is 6.80. The Morgan fingerprint density at radius 1 is 0.975 bits per heavy atom. The molecule has 1 aliphatic heterocycles. The summed E-state index contributed by atoms with van der Waals surface area (Å²) < 4.78 is 7.32. The molecule has 1 amide bonds. The van der Waals surface area contributed by atoms with Crippen molar-refractivity contribution in [2.45, 2.75) is 24.9 Å². The first-order chi connectivity index (χ1) is 19.5. The summed E-state index contributed by atoms with van der Waals surface area (Å²) in [6, 6.07) is 20.3. The Labute approximate surface area is 247 Å². The van der Waals surface area contributed by atoms with Gasteiger partial charge in [0.1, 0.15) is 5.75 Å². The normalized spacial score (nSPS) is 13.6. The quantitative estimate of drug-likeness (QED) is 0.128. The number of anilines is 1. The maximum atomic E-state index is 13.5. The number of aromatic nitrogens is 2. The summed E-state index contributed by atoms with van der Waals surface area (Å²) in [7, 11) is 0. The monoisotopic (exact) mass is 596 g/mol. The molecule has 7 nitrogen and oxygen atoms in total. The number of thioether (sulfide) groups is 1. The van der Waals surface area contributed by atoms with E-state index in [1.54, 1.807) is 24.3 Å². The zero-order valence-electron chi connectivity index (χ0n) is 22.2. The number of carbonyl (C=O) groups excluding carboxylic acids is 1. The van der Waals surface area contributed by atoms with Crippen LogP contribution in [-0.2, 0) is 4.79 Å². The van der Waals surface area contributed by atoms with E-state index in [0.717, 1.165) is 24.5 Å². The van der Waals surface area contributed by atoms with Crippen molar-refractivity contribution in [1.82, 2.24) is 14.5 Å². The highest BCUT2D eigenvalue weighted by atomic mass is 35.5. The van der Waals surface area contributed by atoms with Crippen molar-refractivity contribution in [3.05, 3.63) is 87.1 Å². The SMILES string of the molecule is CCOc1ccccc1N1CCN(C(=O)CCCSc2nc3ccccc3c(=O)n2-c2ccc(Cl)cc2Cl)CC1. The van der Waals surface area contributed by atoms with Crippen LogP contribution >= 0.6 is 35.0 Å². The lowest BCUT2D eigenvalue weighted by molar-refractivity contribution is -0.131. The minimum absolute atomic E-state index is 0.142. The van der Waals surface area contributed by atoms with Crippen LogP contribution < -0.4 is 15.2 Å². The number of para-hydroxylation sites is 3. The molecule has 0 N–H and O–H groups in total. The van der Waals surface area contributed by atoms with E-state index in [1.165, 1.54) is 16.3 Å². The standard InChI is InChI=1S/C30H30Cl2N4O3S/c1-2-39-27-11-6-5-10-26(27)34-15-17-35(18-16-34)28(37)12-7-19-40-30-33-24-9-4-3-8-22(24)29(38)36(30)25-14-13-21(31)20-23(25)32/h3-6,8-11,13-14,20H,2,7,12,15-19H2,1H3. The molecule has 0 saturated carbocycles. The van der Waals surface area contributed by atoms with Crippen molar-refractivity contribution in [1.29, 1.82) is 0 Å². The lowest BCUT2D eigenvalue weighted by Crippen LogP contribution is -2.48. The van der Waals surface area contributed by atoms with Gasteiger partial charge in [0.05, 0.1) is 33.9 Å². The Hall–Kier alpha value is -3.20. The zero-order chi connectivity index (χ0) is 28.1. The highest BCUT2D eigenvalue weighted by molar-refractivity contribution is 7.99. The molecule has 10 heteroatoms. The second-order valence-corrected chi connectivity index (χ2v) is 11.3. The molecule has 1 aromatic heterocycles. The average molecular weight is 598 g/mol. The van der Waals surface area contributed by atoms with Crippen LogP contribution in [0.15, 0.2) is 76.7 Å². The van der Waals surface area contributed by atoms with E-state index >= 15 is 0 Å². The summed E-state index contributed by atoms with van der Waals surface area (Å²) in [4.78, 5) is 35.4. The van der Waals surface area contributed by atoms with Gasteiger partial charge in [-0.05, 0) is 55.8 Å². The molecule has 0 aliphatic carbocycles. The predicted molar refractivity (Wildman–Crippen MR) is 164 cm³/mol. The molecule has 0 unspecified atom stereocenters. The zero-order valence-corrected chi connectivity index (χ0v) is 24.5. The summed E-state index contributed by atoms with van der Waals surface area (Å²) in [5.74, 6) is 1.65. The number of rotatable bonds is 9. The van der Waals surface area contributed by atoms with Gasteiger partial charge in [0.2, 0.25) is 5.91 Å². The number of nitrogens with zero attached hydrogens (tertiary/aromatic N) is 4. The van der Waals surface area contributed by atoms with Crippen molar-refractivity contribution in [3.8, 4) is 11.4 Å². The first-order valence-corrected chi connectivity index (χ1v) is 15.0. The number of carbonyl (C=O) groups is 1. The van der Waals surface area contributed by atoms with Crippen molar-refractivity contribution >= 4 is 57.5 Å². The number of halogens is 2. The van der Waals surface area contributed by atoms with E-state index in [0.29, 0.717) is 70.1 Å². The second-order valence-electron chi connectivity index (χ2n) is 9.37. The maximum Gasteiger partial charge on any atom is 0.266 e. The Kier molecular flexibility index (Phi) is 9.19. The molecule has 40 heavy (non-hydrogen) atoms. The molecule has 0 bridgehead atoms. The summed E-state index contributed by atoms with van der Waals surface area (Å²) in [5.41, 5.74) is 2.02. The van der Waals surface area contributed by atoms with E-state index in [-0.39, 0.29) is 11.5 Å². The Morgan fingerprint density at radius 3 is 2.50 bits per heavy atom. The van der Waals surface area contributed by atoms with Gasteiger partial charge in [-0.3, -0.25) is 14.2 Å². The Bertz CT molecular complexity index is 1570. The predicted octanol–water partition coefficient (Wildman–Crippen LogP) is 6.31. The fourth-order valence-corrected chi connectivity index (χ4v) is 6.26. The maximum absolute atomic E-state index is 13.5. The summed E-state index contributed by atoms with van der Waals surface area (Å²) in [6.45, 7) is 5.47. The van der Waals surface area contributed by atoms with Gasteiger partial charge in [0.25, 0.3) is 5.56 Å². The molecule has 1 aliphatic rings. The third kappa shape index (κ3) is 6.24. The highest BCUT2D eigenvalue weighted by Crippen LogP contribution is 2.30. The van der Waals surface area contributed by atoms with Gasteiger partial charge in [-0.1, -0.05) is 59.2 Å². The van der Waals surface area contributed by atoms with Crippen molar-refractivity contribution in [2.75, 3.05) is 43.4 Å². The third-order valence-corrected chi connectivity index (χ3v) is 8.36. The van der Waals surface area contributed by atoms with Gasteiger partial charge >= 0.3 is 0 Å². The molecule has 0 radical (unpaired) electrons. The molecular weight excluding hydrogens is 567 g/mol. The summed E-state index contributed by atoms with van der Waals surface area (Å²) in [5, 5.41) is 1.90. The van der Waals surface area contributed by atoms with Crippen LogP contribution in [0.2, 0.25) is 10.0 Å². The van der Waals surface area contributed by atoms with Gasteiger partial charge < -0.3 is 14.5 Å². The number of piperazine rings is 1. The van der Waals surface area contributed by atoms with Gasteiger partial charge in [-0.15, -0.1) is 0 Å². The number of hydrogen-bond donors (Lipinski definition) is 0. The van der Waals surface area contributed by atoms with Crippen LogP contribution in [0.25, 0.3) is 16.6 Å². The molecule has 208 valence electrons. The number of ether oxygens (including phenoxy) is 1. The minimum atomic E-state index is -0.197. The molecule has 1 saturated heterocycles. The van der Waals surface area contributed by atoms with Crippen LogP contribution in [0, 0.1) is 0 Å². The fraction of sp³-hybridized carbons (Fsp3) is 0.300. The molecule has 0 atom stereocenters. The van der Waals surface area contributed by atoms with Gasteiger partial charge in [-0.25, -0.2) is 4.98 Å². The Balaban J connectivity index is 1.22. The molecule has 4 aromatic rings. The lowest BCUT2D eigenvalue weighted by Gasteiger charge is -2.36. The molecule has 0 spiro atoms. The number of amides is 1. The first-order valence-electron chi connectivity index (χ1n) is 13.3. The highest BCUT2D eigenvalue weighted by Gasteiger charge is 2.23. The number of hydrogen-bond acceptors (Lipinski definition) is 6. The average Bonchev–Trinajstić information content (AvgIpc) is 2.97. The van der Waals surface area contributed by atoms with Crippen LogP contribution in [0.3, 0.4) is 0 Å². The van der Waals surface area contributed by atoms with Crippen LogP contribution in [0.4, 0.5) is 5.69 Å². The van der Waals surface area contributed by atoms with E-state index in [9.17, 15) is 9.59 Å². The van der Waals surface area contributed by atoms with E-state index < -0.39 is 0 Å². The van der Waals surface area contributed by atoms with Crippen molar-refractivity contribution in [2.24, 2.45) is 0 Å². The van der Waals surface area contributed by atoms with Crippen LogP contribution in [0.1, 0.15) is 19.8 Å². The van der Waals surface area contributed by atoms with Crippen LogP contribution in [0.5, 0.6) is 5.75 Å². The molecule has 3 aromatic carbocycles. The largest absolute Gasteiger partial charge is 0.492 e. The molecular formula is C30H30Cl2N4O3S. The summed E-state index contributed by atoms with van der Waals surface area (Å²) >= 11 is 14.0. The molecule has 1 fully saturated rings. The summed E-state index contributed by atoms with van der Waals surface area (Å²) in [6.07, 6.45) is 1.09. The minimum Gasteiger partial charge on any atom is -0.492 e. The van der Waals surface area contributed by atoms with Gasteiger partial charge in [0, 0.05) is 43.4 Å². The lowest BCUT2D eigenvalue weighted by atomic mass is 10.2. The smallest absolute Gasteiger partial charge is 0.266 e. The molecule has 2 heterocycles. The van der Waals surface area contributed by atoms with Crippen LogP contribution in [-0.4, -0.2) is 58.9 Å². The van der Waals surface area contributed by atoms with E-state index in [1.807, 2.05) is 48.2 Å². The van der Waals surface area contributed by atoms with E-state index in [2.05, 4.69) is 11.0 Å². The molecule has 5 rings (SSSR count). The second kappa shape index (κ2) is 13.0. The van der Waals surface area contributed by atoms with E-state index in [4.69, 9.17) is 32.9 Å². The van der Waals surface area contributed by atoms with Gasteiger partial charge in [-0.2, -0.15) is 0 Å². The van der Waals surface area contributed by atoms with Gasteiger partial charge in [0.15, 0.2) is 5.16 Å². The first kappa shape index (κ1) is 28.3. The van der Waals surface area contributed by atoms with Crippen molar-refractivity contribution < 1.29 is 9.53 Å². The topological polar surface area (TPSA) is 67.7 Å². The number of benzene rings is 3. The van der Waals surface area contributed by atoms with Crippen molar-refractivity contribution in [3.63, 3.8) is 0 Å².